The molecule has 1 N–H and O–H groups in total. The largest absolute Gasteiger partial charge is 0.465 e. The third kappa shape index (κ3) is 3.24. The number of benzene rings is 1. The number of methoxy groups -OCH3 is 1. The third-order valence-corrected chi connectivity index (χ3v) is 3.20. The van der Waals surface area contributed by atoms with Gasteiger partial charge < -0.3 is 14.8 Å². The van der Waals surface area contributed by atoms with E-state index < -0.39 is 12.1 Å². The summed E-state index contributed by atoms with van der Waals surface area (Å²) in [5, 5.41) is 3.03. The van der Waals surface area contributed by atoms with Crippen molar-refractivity contribution in [3.63, 3.8) is 0 Å². The second-order valence-electron chi connectivity index (χ2n) is 4.18. The van der Waals surface area contributed by atoms with Crippen LogP contribution in [-0.2, 0) is 14.3 Å². The summed E-state index contributed by atoms with van der Waals surface area (Å²) in [6, 6.07) is 4.57. The molecule has 1 aliphatic heterocycles. The van der Waals surface area contributed by atoms with Crippen LogP contribution in [0.3, 0.4) is 0 Å². The molecule has 1 fully saturated rings. The highest BCUT2D eigenvalue weighted by atomic mass is 35.5. The topological polar surface area (TPSA) is 64.6 Å². The first-order valence-corrected chi connectivity index (χ1v) is 6.30. The maximum absolute atomic E-state index is 11.9. The Morgan fingerprint density at radius 1 is 1.47 bits per heavy atom. The Morgan fingerprint density at radius 2 is 2.26 bits per heavy atom. The van der Waals surface area contributed by atoms with E-state index >= 15 is 0 Å². The quantitative estimate of drug-likeness (QED) is 0.864. The molecule has 1 aliphatic rings. The molecule has 1 heterocycles. The van der Waals surface area contributed by atoms with Gasteiger partial charge in [-0.2, -0.15) is 0 Å². The summed E-state index contributed by atoms with van der Waals surface area (Å²) in [4.78, 5) is 23.3. The van der Waals surface area contributed by atoms with Crippen LogP contribution in [0.5, 0.6) is 0 Å². The van der Waals surface area contributed by atoms with Gasteiger partial charge in [0.15, 0.2) is 0 Å². The average Bonchev–Trinajstić information content (AvgIpc) is 2.94. The molecule has 0 radical (unpaired) electrons. The molecule has 0 aromatic heterocycles. The van der Waals surface area contributed by atoms with Crippen LogP contribution in [0.1, 0.15) is 23.2 Å². The van der Waals surface area contributed by atoms with Gasteiger partial charge >= 0.3 is 5.97 Å². The second-order valence-corrected chi connectivity index (χ2v) is 4.58. The molecule has 0 spiro atoms. The van der Waals surface area contributed by atoms with Gasteiger partial charge in [0.25, 0.3) is 5.91 Å². The van der Waals surface area contributed by atoms with Crippen LogP contribution >= 0.6 is 11.6 Å². The first-order valence-electron chi connectivity index (χ1n) is 5.92. The van der Waals surface area contributed by atoms with Gasteiger partial charge in [0.05, 0.1) is 23.4 Å². The Morgan fingerprint density at radius 3 is 2.89 bits per heavy atom. The molecule has 0 unspecified atom stereocenters. The fourth-order valence-electron chi connectivity index (χ4n) is 1.86. The van der Waals surface area contributed by atoms with Gasteiger partial charge in [-0.25, -0.2) is 4.79 Å². The molecule has 1 saturated heterocycles. The van der Waals surface area contributed by atoms with Crippen LogP contribution in [0.4, 0.5) is 5.69 Å². The number of hydrogen-bond donors (Lipinski definition) is 1. The van der Waals surface area contributed by atoms with Crippen molar-refractivity contribution in [2.45, 2.75) is 18.9 Å². The molecule has 0 saturated carbocycles. The van der Waals surface area contributed by atoms with Crippen LogP contribution in [0.15, 0.2) is 18.2 Å². The summed E-state index contributed by atoms with van der Waals surface area (Å²) in [6.45, 7) is 0.591. The van der Waals surface area contributed by atoms with E-state index in [2.05, 4.69) is 10.1 Å². The highest BCUT2D eigenvalue weighted by Crippen LogP contribution is 2.24. The molecule has 0 bridgehead atoms. The summed E-state index contributed by atoms with van der Waals surface area (Å²) < 4.78 is 9.90. The highest BCUT2D eigenvalue weighted by molar-refractivity contribution is 6.33. The number of ether oxygens (including phenoxy) is 2. The molecule has 102 valence electrons. The van der Waals surface area contributed by atoms with E-state index in [0.29, 0.717) is 29.3 Å². The lowest BCUT2D eigenvalue weighted by Crippen LogP contribution is -2.27. The summed E-state index contributed by atoms with van der Waals surface area (Å²) >= 11 is 5.99. The number of carbonyl (C=O) groups is 2. The summed E-state index contributed by atoms with van der Waals surface area (Å²) in [5.41, 5.74) is 0.708. The Kier molecular flexibility index (Phi) is 4.39. The minimum atomic E-state index is -0.482. The predicted molar refractivity (Wildman–Crippen MR) is 70.4 cm³/mol. The molecular formula is C13H14ClNO4. The minimum Gasteiger partial charge on any atom is -0.465 e. The molecule has 1 aromatic carbocycles. The Balaban J connectivity index is 2.14. The van der Waals surface area contributed by atoms with Crippen LogP contribution in [0.25, 0.3) is 0 Å². The number of carbonyl (C=O) groups excluding carboxylic acids is 2. The van der Waals surface area contributed by atoms with Crippen LogP contribution < -0.4 is 5.32 Å². The Labute approximate surface area is 115 Å². The fraction of sp³-hybridized carbons (Fsp3) is 0.385. The fourth-order valence-corrected chi connectivity index (χ4v) is 2.03. The van der Waals surface area contributed by atoms with Crippen molar-refractivity contribution < 1.29 is 19.1 Å². The lowest BCUT2D eigenvalue weighted by molar-refractivity contribution is -0.124. The van der Waals surface area contributed by atoms with Gasteiger partial charge in [-0.15, -0.1) is 0 Å². The molecular weight excluding hydrogens is 270 g/mol. The molecule has 0 aliphatic carbocycles. The highest BCUT2D eigenvalue weighted by Gasteiger charge is 2.24. The molecule has 19 heavy (non-hydrogen) atoms. The number of rotatable bonds is 3. The van der Waals surface area contributed by atoms with Crippen molar-refractivity contribution in [3.05, 3.63) is 28.8 Å². The molecule has 2 rings (SSSR count). The van der Waals surface area contributed by atoms with Gasteiger partial charge in [-0.1, -0.05) is 11.6 Å². The second kappa shape index (κ2) is 6.04. The maximum atomic E-state index is 11.9. The number of esters is 1. The van der Waals surface area contributed by atoms with Gasteiger partial charge in [0, 0.05) is 6.61 Å². The van der Waals surface area contributed by atoms with Gasteiger partial charge in [0.2, 0.25) is 0 Å². The van der Waals surface area contributed by atoms with Crippen molar-refractivity contribution in [3.8, 4) is 0 Å². The van der Waals surface area contributed by atoms with Crippen molar-refractivity contribution in [2.24, 2.45) is 0 Å². The van der Waals surface area contributed by atoms with Crippen molar-refractivity contribution in [2.75, 3.05) is 19.0 Å². The normalized spacial score (nSPS) is 18.1. The van der Waals surface area contributed by atoms with E-state index in [1.54, 1.807) is 6.07 Å². The SMILES string of the molecule is COC(=O)c1ccc(Cl)c(NC(=O)[C@@H]2CCCO2)c1. The van der Waals surface area contributed by atoms with E-state index in [0.717, 1.165) is 6.42 Å². The Hall–Kier alpha value is -1.59. The van der Waals surface area contributed by atoms with Crippen molar-refractivity contribution in [1.82, 2.24) is 0 Å². The molecule has 6 heteroatoms. The molecule has 1 aromatic rings. The molecule has 1 atom stereocenters. The van der Waals surface area contributed by atoms with E-state index in [9.17, 15) is 9.59 Å². The van der Waals surface area contributed by atoms with E-state index in [-0.39, 0.29) is 5.91 Å². The van der Waals surface area contributed by atoms with Gasteiger partial charge in [-0.05, 0) is 31.0 Å². The van der Waals surface area contributed by atoms with Gasteiger partial charge in [0.1, 0.15) is 6.10 Å². The number of nitrogens with one attached hydrogen (secondary N) is 1. The number of halogens is 1. The van der Waals surface area contributed by atoms with Crippen molar-refractivity contribution >= 4 is 29.2 Å². The standard InChI is InChI=1S/C13H14ClNO4/c1-18-13(17)8-4-5-9(14)10(7-8)15-12(16)11-3-2-6-19-11/h4-5,7,11H,2-3,6H2,1H3,(H,15,16)/t11-/m0/s1. The zero-order valence-corrected chi connectivity index (χ0v) is 11.2. The monoisotopic (exact) mass is 283 g/mol. The van der Waals surface area contributed by atoms with Crippen LogP contribution in [0.2, 0.25) is 5.02 Å². The smallest absolute Gasteiger partial charge is 0.337 e. The summed E-state index contributed by atoms with van der Waals surface area (Å²) in [7, 11) is 1.29. The summed E-state index contributed by atoms with van der Waals surface area (Å²) in [5.74, 6) is -0.731. The zero-order chi connectivity index (χ0) is 13.8. The van der Waals surface area contributed by atoms with Gasteiger partial charge in [-0.3, -0.25) is 4.79 Å². The van der Waals surface area contributed by atoms with E-state index in [4.69, 9.17) is 16.3 Å². The zero-order valence-electron chi connectivity index (χ0n) is 10.4. The average molecular weight is 284 g/mol. The maximum Gasteiger partial charge on any atom is 0.337 e. The Bertz CT molecular complexity index is 497. The molecule has 5 nitrogen and oxygen atoms in total. The summed E-state index contributed by atoms with van der Waals surface area (Å²) in [6.07, 6.45) is 1.12. The first kappa shape index (κ1) is 13.8. The third-order valence-electron chi connectivity index (χ3n) is 2.87. The lowest BCUT2D eigenvalue weighted by atomic mass is 10.2. The predicted octanol–water partition coefficient (Wildman–Crippen LogP) is 2.24. The number of amides is 1. The lowest BCUT2D eigenvalue weighted by Gasteiger charge is -2.12. The van der Waals surface area contributed by atoms with Crippen LogP contribution in [-0.4, -0.2) is 31.7 Å². The van der Waals surface area contributed by atoms with Crippen molar-refractivity contribution in [1.29, 1.82) is 0 Å². The minimum absolute atomic E-state index is 0.249. The van der Waals surface area contributed by atoms with E-state index in [1.165, 1.54) is 19.2 Å². The first-order chi connectivity index (χ1) is 9.11. The number of hydrogen-bond acceptors (Lipinski definition) is 4. The van der Waals surface area contributed by atoms with E-state index in [1.807, 2.05) is 0 Å². The number of anilines is 1. The van der Waals surface area contributed by atoms with Crippen LogP contribution in [0, 0.1) is 0 Å². The molecule has 1 amide bonds.